The second-order valence-electron chi connectivity index (χ2n) is 14.4. The van der Waals surface area contributed by atoms with Crippen LogP contribution in [0.3, 0.4) is 0 Å². The minimum absolute atomic E-state index is 0.651. The van der Waals surface area contributed by atoms with Crippen LogP contribution in [0, 0.1) is 0 Å². The number of aromatic nitrogens is 2. The van der Waals surface area contributed by atoms with E-state index in [1.165, 1.54) is 0 Å². The summed E-state index contributed by atoms with van der Waals surface area (Å²) in [5.74, 6) is 3.63. The zero-order valence-electron chi connectivity index (χ0n) is 29.0. The third-order valence-electron chi connectivity index (χ3n) is 10.2. The maximum atomic E-state index is 7.78. The summed E-state index contributed by atoms with van der Waals surface area (Å²) < 4.78 is 12.5. The highest BCUT2D eigenvalue weighted by Crippen LogP contribution is 2.41. The first-order valence-corrected chi connectivity index (χ1v) is 22.2. The molecule has 51 heavy (non-hydrogen) atoms. The lowest BCUT2D eigenvalue weighted by atomic mass is 10.0. The normalized spacial score (nSPS) is 16.9. The zero-order valence-corrected chi connectivity index (χ0v) is 31.2. The van der Waals surface area contributed by atoms with Crippen LogP contribution in [-0.4, -0.2) is 74.9 Å². The van der Waals surface area contributed by atoms with Crippen molar-refractivity contribution in [3.63, 3.8) is 0 Å². The van der Waals surface area contributed by atoms with Gasteiger partial charge >= 0.3 is 9.36 Å². The van der Waals surface area contributed by atoms with Gasteiger partial charge in [0.05, 0.1) is 5.71 Å². The smallest absolute Gasteiger partial charge is 0.405 e. The van der Waals surface area contributed by atoms with Crippen LogP contribution in [0.5, 0.6) is 0 Å². The maximum absolute atomic E-state index is 7.78. The summed E-state index contributed by atoms with van der Waals surface area (Å²) in [5.41, 5.74) is 5.75. The van der Waals surface area contributed by atoms with E-state index in [1.807, 2.05) is 12.1 Å². The van der Waals surface area contributed by atoms with Crippen molar-refractivity contribution in [2.24, 2.45) is 25.0 Å². The van der Waals surface area contributed by atoms with Gasteiger partial charge in [0, 0.05) is 49.1 Å². The van der Waals surface area contributed by atoms with Crippen LogP contribution in [0.1, 0.15) is 28.7 Å². The third kappa shape index (κ3) is 4.76. The molecule has 6 bridgehead atoms. The maximum Gasteiger partial charge on any atom is 0.405 e. The van der Waals surface area contributed by atoms with Crippen molar-refractivity contribution in [2.75, 3.05) is 20.6 Å². The molecule has 1 atom stereocenters. The molecule has 0 N–H and O–H groups in total. The quantitative estimate of drug-likeness (QED) is 0.199. The van der Waals surface area contributed by atoms with E-state index >= 15 is 0 Å². The number of hydrogen-bond acceptors (Lipinski definition) is 7. The molecular weight excluding hydrogens is 665 g/mol. The summed E-state index contributed by atoms with van der Waals surface area (Å²) in [6.07, 6.45) is 3.29. The van der Waals surface area contributed by atoms with Crippen LogP contribution in [0.15, 0.2) is 122 Å². The first-order chi connectivity index (χ1) is 24.8. The van der Waals surface area contributed by atoms with Crippen molar-refractivity contribution in [1.29, 1.82) is 0 Å². The fourth-order valence-corrected chi connectivity index (χ4v) is 14.4. The highest BCUT2D eigenvalue weighted by atomic mass is 28.4. The Morgan fingerprint density at radius 3 is 1.78 bits per heavy atom. The topological polar surface area (TPSA) is 84.1 Å². The van der Waals surface area contributed by atoms with Crippen molar-refractivity contribution in [2.45, 2.75) is 25.6 Å². The number of hydrogen-bond donors (Lipinski definition) is 0. The van der Waals surface area contributed by atoms with Gasteiger partial charge in [-0.3, -0.25) is 4.23 Å². The van der Waals surface area contributed by atoms with Gasteiger partial charge in [0.1, 0.15) is 17.1 Å². The van der Waals surface area contributed by atoms with Gasteiger partial charge in [-0.15, -0.1) is 0 Å². The fourth-order valence-electron chi connectivity index (χ4n) is 7.84. The van der Waals surface area contributed by atoms with E-state index < -0.39 is 17.7 Å². The Hall–Kier alpha value is -5.34. The fraction of sp³-hybridized carbons (Fsp3) is 0.175. The molecule has 4 aliphatic rings. The lowest BCUT2D eigenvalue weighted by Crippen LogP contribution is -2.53. The summed E-state index contributed by atoms with van der Waals surface area (Å²) in [4.78, 5) is 29.1. The van der Waals surface area contributed by atoms with Crippen LogP contribution < -0.4 is 10.8 Å². The number of aliphatic imine (C=N–C) groups is 4. The first kappa shape index (κ1) is 30.5. The summed E-state index contributed by atoms with van der Waals surface area (Å²) in [6, 6.07) is 34.8. The molecule has 6 heterocycles. The molecule has 4 aromatic carbocycles. The van der Waals surface area contributed by atoms with Crippen molar-refractivity contribution in [3.8, 4) is 0 Å². The lowest BCUT2D eigenvalue weighted by Gasteiger charge is -2.32. The standard InChI is InChI=1S/C40H36N8OSi2/c1-46(2)22-13-23-51(3,4)49-50-47-34-24-33-25-14-5-7-16-27(25)35(41-33)43-39-31-20-11-12-21-32(31)40(48(39)50)45-37-29-18-9-8-17-28(29)36(42-37)44-38(47)30-19-10-6-15-26(30)34/h5-12,14-21,24,50H,13,22-23H2,1-4H3. The molecule has 10 rings (SSSR count). The monoisotopic (exact) mass is 700 g/mol. The van der Waals surface area contributed by atoms with Gasteiger partial charge in [0.15, 0.2) is 25.8 Å². The van der Waals surface area contributed by atoms with Gasteiger partial charge in [-0.05, 0) is 52.3 Å². The number of amidine groups is 3. The molecule has 0 saturated carbocycles. The van der Waals surface area contributed by atoms with Gasteiger partial charge < -0.3 is 13.2 Å². The molecule has 0 fully saturated rings. The number of benzene rings is 4. The Labute approximate surface area is 298 Å². The molecule has 0 saturated heterocycles. The second-order valence-corrected chi connectivity index (χ2v) is 21.1. The Morgan fingerprint density at radius 1 is 0.608 bits per heavy atom. The molecule has 0 amide bonds. The van der Waals surface area contributed by atoms with Gasteiger partial charge in [0.2, 0.25) is 0 Å². The van der Waals surface area contributed by atoms with Gasteiger partial charge in [0.25, 0.3) is 0 Å². The number of nitrogens with zero attached hydrogens (tertiary/aromatic N) is 8. The SMILES string of the molecule is CN(C)CCC[Si](C)(C)O[SiH]1n2c3c4ccccc4c2N=C2N=C(N=c4c5ccccc5c(n41)=CC1=NC(=N3)c3ccccc31)c1ccccc12. The largest absolute Gasteiger partial charge is 0.427 e. The van der Waals surface area contributed by atoms with Crippen molar-refractivity contribution in [1.82, 2.24) is 13.4 Å². The lowest BCUT2D eigenvalue weighted by molar-refractivity contribution is 0.403. The Morgan fingerprint density at radius 2 is 1.14 bits per heavy atom. The van der Waals surface area contributed by atoms with Gasteiger partial charge in [-0.1, -0.05) is 97.1 Å². The predicted molar refractivity (Wildman–Crippen MR) is 212 cm³/mol. The summed E-state index contributed by atoms with van der Waals surface area (Å²) in [5, 5.41) is 5.20. The average molecular weight is 701 g/mol. The number of fused-ring (bicyclic) bond motifs is 14. The van der Waals surface area contributed by atoms with Gasteiger partial charge in [-0.2, -0.15) is 0 Å². The van der Waals surface area contributed by atoms with E-state index in [9.17, 15) is 0 Å². The number of rotatable bonds is 6. The van der Waals surface area contributed by atoms with Crippen LogP contribution in [0.25, 0.3) is 27.6 Å². The van der Waals surface area contributed by atoms with E-state index in [2.05, 4.69) is 132 Å². The molecule has 1 unspecified atom stereocenters. The minimum atomic E-state index is -2.80. The summed E-state index contributed by atoms with van der Waals surface area (Å²) >= 11 is 0. The van der Waals surface area contributed by atoms with Crippen LogP contribution in [0.4, 0.5) is 11.6 Å². The van der Waals surface area contributed by atoms with E-state index in [4.69, 9.17) is 29.1 Å². The van der Waals surface area contributed by atoms with Crippen molar-refractivity contribution >= 4 is 80.2 Å². The molecule has 2 aromatic heterocycles. The summed E-state index contributed by atoms with van der Waals surface area (Å²) in [6.45, 7) is 5.73. The van der Waals surface area contributed by atoms with Crippen molar-refractivity contribution in [3.05, 3.63) is 130 Å². The molecule has 0 spiro atoms. The van der Waals surface area contributed by atoms with E-state index in [0.29, 0.717) is 17.5 Å². The zero-order chi connectivity index (χ0) is 34.4. The molecule has 250 valence electrons. The molecular formula is C40H36N8OSi2. The van der Waals surface area contributed by atoms with Crippen LogP contribution in [-0.2, 0) is 4.12 Å². The van der Waals surface area contributed by atoms with Crippen LogP contribution in [0.2, 0.25) is 19.1 Å². The van der Waals surface area contributed by atoms with Crippen LogP contribution >= 0.6 is 0 Å². The van der Waals surface area contributed by atoms with Crippen molar-refractivity contribution < 1.29 is 4.12 Å². The van der Waals surface area contributed by atoms with Gasteiger partial charge in [-0.25, -0.2) is 25.0 Å². The first-order valence-electron chi connectivity index (χ1n) is 17.5. The highest BCUT2D eigenvalue weighted by Gasteiger charge is 2.38. The average Bonchev–Trinajstić information content (AvgIpc) is 3.84. The Bertz CT molecular complexity index is 2570. The molecule has 4 aliphatic heterocycles. The second kappa shape index (κ2) is 11.3. The molecule has 9 nitrogen and oxygen atoms in total. The highest BCUT2D eigenvalue weighted by molar-refractivity contribution is 6.78. The Kier molecular flexibility index (Phi) is 6.78. The third-order valence-corrected chi connectivity index (χ3v) is 17.1. The molecule has 6 aromatic rings. The van der Waals surface area contributed by atoms with E-state index in [-0.39, 0.29) is 0 Å². The minimum Gasteiger partial charge on any atom is -0.427 e. The predicted octanol–water partition coefficient (Wildman–Crippen LogP) is 6.03. The molecule has 11 heteroatoms. The molecule has 0 aliphatic carbocycles. The summed E-state index contributed by atoms with van der Waals surface area (Å²) in [7, 11) is -0.831. The van der Waals surface area contributed by atoms with E-state index in [0.717, 1.165) is 91.0 Å². The van der Waals surface area contributed by atoms with E-state index in [1.54, 1.807) is 0 Å². The molecule has 0 radical (unpaired) electrons. The Balaban J connectivity index is 1.41.